The molecule has 0 saturated carbocycles. The summed E-state index contributed by atoms with van der Waals surface area (Å²) in [6.07, 6.45) is 7.97. The number of carboxylic acid groups (broad SMARTS) is 1. The first-order valence-electron chi connectivity index (χ1n) is 9.77. The largest absolute Gasteiger partial charge is 0.481 e. The van der Waals surface area contributed by atoms with Gasteiger partial charge in [0.2, 0.25) is 5.91 Å². The number of rotatable bonds is 10. The van der Waals surface area contributed by atoms with Crippen LogP contribution in [0.4, 0.5) is 10.5 Å². The molecule has 0 aromatic heterocycles. The highest BCUT2D eigenvalue weighted by atomic mass is 16.4. The molecule has 3 amide bonds. The molecule has 0 spiro atoms. The van der Waals surface area contributed by atoms with Gasteiger partial charge in [-0.3, -0.25) is 14.4 Å². The van der Waals surface area contributed by atoms with Crippen molar-refractivity contribution < 1.29 is 24.3 Å². The topological polar surface area (TPSA) is 189 Å². The van der Waals surface area contributed by atoms with Crippen molar-refractivity contribution in [2.75, 3.05) is 18.4 Å². The zero-order chi connectivity index (χ0) is 23.6. The van der Waals surface area contributed by atoms with E-state index in [1.165, 1.54) is 6.21 Å². The first-order valence-corrected chi connectivity index (χ1v) is 9.77. The maximum absolute atomic E-state index is 12.8. The lowest BCUT2D eigenvalue weighted by Gasteiger charge is -2.32. The molecule has 1 aliphatic carbocycles. The molecule has 32 heavy (non-hydrogen) atoms. The number of nitrogens with zero attached hydrogens (tertiary/aromatic N) is 1. The molecule has 11 nitrogen and oxygen atoms in total. The molecule has 2 rings (SSSR count). The molecule has 1 unspecified atom stereocenters. The SMILES string of the molecule is NN=Cc1ccc(NC(=O)NCC(=O)NCC2(C(=O)[C@@H](N)CC(=O)O)C=CC=CC2)cc1. The first-order chi connectivity index (χ1) is 15.3. The number of carbonyl (C=O) groups is 4. The van der Waals surface area contributed by atoms with E-state index in [1.807, 2.05) is 0 Å². The Labute approximate surface area is 184 Å². The fourth-order valence-corrected chi connectivity index (χ4v) is 3.11. The molecule has 0 heterocycles. The fourth-order valence-electron chi connectivity index (χ4n) is 3.11. The molecule has 1 aliphatic rings. The van der Waals surface area contributed by atoms with Gasteiger partial charge < -0.3 is 32.6 Å². The Balaban J connectivity index is 1.87. The highest BCUT2D eigenvalue weighted by molar-refractivity contribution is 5.95. The number of allylic oxidation sites excluding steroid dienone is 3. The average molecular weight is 442 g/mol. The summed E-state index contributed by atoms with van der Waals surface area (Å²) in [5, 5.41) is 19.9. The highest BCUT2D eigenvalue weighted by Gasteiger charge is 2.39. The van der Waals surface area contributed by atoms with Crippen molar-refractivity contribution in [1.29, 1.82) is 0 Å². The second kappa shape index (κ2) is 11.4. The summed E-state index contributed by atoms with van der Waals surface area (Å²) in [6.45, 7) is -0.402. The minimum Gasteiger partial charge on any atom is -0.481 e. The Hall–Kier alpha value is -3.99. The smallest absolute Gasteiger partial charge is 0.319 e. The van der Waals surface area contributed by atoms with Crippen molar-refractivity contribution in [2.24, 2.45) is 22.1 Å². The van der Waals surface area contributed by atoms with Crippen LogP contribution in [0, 0.1) is 5.41 Å². The number of Topliss-reactive ketones (excluding diaryl/α,β-unsaturated/α-hetero) is 1. The monoisotopic (exact) mass is 442 g/mol. The van der Waals surface area contributed by atoms with Crippen molar-refractivity contribution in [3.05, 3.63) is 54.1 Å². The third-order valence-corrected chi connectivity index (χ3v) is 4.77. The van der Waals surface area contributed by atoms with Crippen LogP contribution in [-0.4, -0.2) is 54.1 Å². The maximum atomic E-state index is 12.8. The van der Waals surface area contributed by atoms with Crippen LogP contribution in [0.5, 0.6) is 0 Å². The Bertz CT molecular complexity index is 941. The Kier molecular flexibility index (Phi) is 8.66. The number of urea groups is 1. The maximum Gasteiger partial charge on any atom is 0.319 e. The Morgan fingerprint density at radius 2 is 1.88 bits per heavy atom. The van der Waals surface area contributed by atoms with Crippen LogP contribution in [0.2, 0.25) is 0 Å². The number of ketones is 1. The number of aliphatic carboxylic acids is 1. The Morgan fingerprint density at radius 1 is 1.16 bits per heavy atom. The molecule has 1 aromatic carbocycles. The number of carboxylic acids is 1. The summed E-state index contributed by atoms with van der Waals surface area (Å²) >= 11 is 0. The van der Waals surface area contributed by atoms with E-state index >= 15 is 0 Å². The van der Waals surface area contributed by atoms with Gasteiger partial charge in [-0.2, -0.15) is 5.10 Å². The van der Waals surface area contributed by atoms with E-state index in [0.717, 1.165) is 5.56 Å². The number of hydrogen-bond donors (Lipinski definition) is 6. The van der Waals surface area contributed by atoms with Crippen LogP contribution in [-0.2, 0) is 14.4 Å². The molecular formula is C21H26N6O5. The summed E-state index contributed by atoms with van der Waals surface area (Å²) in [4.78, 5) is 47.9. The van der Waals surface area contributed by atoms with Crippen molar-refractivity contribution in [3.8, 4) is 0 Å². The molecule has 0 saturated heterocycles. The number of anilines is 1. The van der Waals surface area contributed by atoms with Crippen LogP contribution in [0.25, 0.3) is 0 Å². The number of nitrogens with one attached hydrogen (secondary N) is 3. The summed E-state index contributed by atoms with van der Waals surface area (Å²) in [7, 11) is 0. The number of benzene rings is 1. The van der Waals surface area contributed by atoms with Crippen molar-refractivity contribution in [1.82, 2.24) is 10.6 Å². The van der Waals surface area contributed by atoms with Gasteiger partial charge in [0.25, 0.3) is 0 Å². The third kappa shape index (κ3) is 7.06. The first kappa shape index (κ1) is 24.3. The minimum absolute atomic E-state index is 0.0771. The van der Waals surface area contributed by atoms with Crippen LogP contribution >= 0.6 is 0 Å². The normalized spacial score (nSPS) is 18.2. The second-order valence-electron chi connectivity index (χ2n) is 7.20. The van der Waals surface area contributed by atoms with Crippen molar-refractivity contribution >= 4 is 35.6 Å². The van der Waals surface area contributed by atoms with E-state index in [2.05, 4.69) is 21.1 Å². The lowest BCUT2D eigenvalue weighted by atomic mass is 9.74. The molecule has 170 valence electrons. The molecular weight excluding hydrogens is 416 g/mol. The predicted molar refractivity (Wildman–Crippen MR) is 119 cm³/mol. The zero-order valence-electron chi connectivity index (χ0n) is 17.3. The average Bonchev–Trinajstić information content (AvgIpc) is 2.77. The van der Waals surface area contributed by atoms with Gasteiger partial charge in [0, 0.05) is 12.2 Å². The Morgan fingerprint density at radius 3 is 2.47 bits per heavy atom. The van der Waals surface area contributed by atoms with Crippen LogP contribution < -0.4 is 27.5 Å². The van der Waals surface area contributed by atoms with E-state index in [-0.39, 0.29) is 19.5 Å². The van der Waals surface area contributed by atoms with Gasteiger partial charge in [0.15, 0.2) is 5.78 Å². The molecule has 2 atom stereocenters. The highest BCUT2D eigenvalue weighted by Crippen LogP contribution is 2.30. The molecule has 0 bridgehead atoms. The predicted octanol–water partition coefficient (Wildman–Crippen LogP) is 0.0905. The number of carbonyl (C=O) groups excluding carboxylic acids is 3. The van der Waals surface area contributed by atoms with Crippen LogP contribution in [0.3, 0.4) is 0 Å². The molecule has 11 heteroatoms. The fraction of sp³-hybridized carbons (Fsp3) is 0.286. The summed E-state index contributed by atoms with van der Waals surface area (Å²) in [6, 6.07) is 4.92. The van der Waals surface area contributed by atoms with Crippen molar-refractivity contribution in [3.63, 3.8) is 0 Å². The quantitative estimate of drug-likeness (QED) is 0.168. The van der Waals surface area contributed by atoms with Gasteiger partial charge in [0.1, 0.15) is 0 Å². The van der Waals surface area contributed by atoms with E-state index in [1.54, 1.807) is 48.6 Å². The van der Waals surface area contributed by atoms with Gasteiger partial charge in [-0.05, 0) is 24.1 Å². The lowest BCUT2D eigenvalue weighted by Crippen LogP contribution is -2.50. The summed E-state index contributed by atoms with van der Waals surface area (Å²) < 4.78 is 0. The lowest BCUT2D eigenvalue weighted by molar-refractivity contribution is -0.140. The van der Waals surface area contributed by atoms with E-state index in [4.69, 9.17) is 16.7 Å². The number of hydrazone groups is 1. The molecule has 0 aliphatic heterocycles. The molecule has 8 N–H and O–H groups in total. The summed E-state index contributed by atoms with van der Waals surface area (Å²) in [5.41, 5.74) is 5.88. The molecule has 0 fully saturated rings. The number of hydrogen-bond acceptors (Lipinski definition) is 7. The minimum atomic E-state index is -1.20. The van der Waals surface area contributed by atoms with Crippen molar-refractivity contribution in [2.45, 2.75) is 18.9 Å². The van der Waals surface area contributed by atoms with E-state index in [0.29, 0.717) is 5.69 Å². The number of nitrogens with two attached hydrogens (primary N) is 2. The van der Waals surface area contributed by atoms with Gasteiger partial charge in [-0.15, -0.1) is 0 Å². The zero-order valence-corrected chi connectivity index (χ0v) is 17.3. The standard InChI is InChI=1S/C21H26N6O5/c22-16(10-18(29)30)19(31)21(8-2-1-3-9-21)13-25-17(28)12-24-20(32)27-15-6-4-14(5-7-15)11-26-23/h1-8,11,16H,9-10,12-13,22-23H2,(H,25,28)(H,29,30)(H2,24,27,32)/t16-,21?/m0/s1. The van der Waals surface area contributed by atoms with Crippen LogP contribution in [0.15, 0.2) is 53.7 Å². The van der Waals surface area contributed by atoms with Gasteiger partial charge >= 0.3 is 12.0 Å². The van der Waals surface area contributed by atoms with E-state index in [9.17, 15) is 19.2 Å². The molecule has 0 radical (unpaired) electrons. The third-order valence-electron chi connectivity index (χ3n) is 4.77. The van der Waals surface area contributed by atoms with Gasteiger partial charge in [-0.25, -0.2) is 4.79 Å². The molecule has 1 aromatic rings. The second-order valence-corrected chi connectivity index (χ2v) is 7.20. The van der Waals surface area contributed by atoms with Gasteiger partial charge in [0.05, 0.1) is 30.6 Å². The van der Waals surface area contributed by atoms with Crippen LogP contribution in [0.1, 0.15) is 18.4 Å². The summed E-state index contributed by atoms with van der Waals surface area (Å²) in [5.74, 6) is 2.90. The van der Waals surface area contributed by atoms with E-state index < -0.39 is 41.6 Å². The number of amides is 3. The van der Waals surface area contributed by atoms with Gasteiger partial charge in [-0.1, -0.05) is 36.4 Å².